The van der Waals surface area contributed by atoms with Crippen LogP contribution in [0.4, 0.5) is 0 Å². The first kappa shape index (κ1) is 12.6. The second-order valence-electron chi connectivity index (χ2n) is 5.47. The van der Waals surface area contributed by atoms with Crippen LogP contribution in [0.1, 0.15) is 43.5 Å². The molecule has 1 aliphatic rings. The van der Waals surface area contributed by atoms with Crippen molar-refractivity contribution in [1.29, 1.82) is 0 Å². The minimum atomic E-state index is -0.0264. The van der Waals surface area contributed by atoms with Crippen LogP contribution in [-0.4, -0.2) is 16.9 Å². The number of carbonyl (C=O) groups excluding carboxylic acids is 1. The zero-order valence-electron chi connectivity index (χ0n) is 10.2. The maximum atomic E-state index is 12.0. The van der Waals surface area contributed by atoms with E-state index in [4.69, 9.17) is 0 Å². The third-order valence-electron chi connectivity index (χ3n) is 3.27. The number of rotatable bonds is 2. The van der Waals surface area contributed by atoms with E-state index in [9.17, 15) is 4.79 Å². The van der Waals surface area contributed by atoms with Gasteiger partial charge in [0.05, 0.1) is 5.56 Å². The molecule has 1 fully saturated rings. The molecular formula is C13H17BrN2O. The Morgan fingerprint density at radius 1 is 1.53 bits per heavy atom. The highest BCUT2D eigenvalue weighted by atomic mass is 79.9. The average molecular weight is 297 g/mol. The van der Waals surface area contributed by atoms with Gasteiger partial charge in [0, 0.05) is 22.9 Å². The van der Waals surface area contributed by atoms with E-state index in [0.29, 0.717) is 17.0 Å². The van der Waals surface area contributed by atoms with Gasteiger partial charge in [-0.2, -0.15) is 0 Å². The van der Waals surface area contributed by atoms with Crippen molar-refractivity contribution in [2.24, 2.45) is 5.41 Å². The van der Waals surface area contributed by atoms with E-state index in [1.807, 2.05) is 0 Å². The van der Waals surface area contributed by atoms with Gasteiger partial charge in [-0.3, -0.25) is 9.78 Å². The molecule has 0 bridgehead atoms. The largest absolute Gasteiger partial charge is 0.349 e. The Morgan fingerprint density at radius 3 is 2.88 bits per heavy atom. The van der Waals surface area contributed by atoms with Gasteiger partial charge in [-0.1, -0.05) is 13.8 Å². The van der Waals surface area contributed by atoms with Crippen LogP contribution in [0.3, 0.4) is 0 Å². The van der Waals surface area contributed by atoms with E-state index >= 15 is 0 Å². The highest BCUT2D eigenvalue weighted by Gasteiger charge is 2.31. The van der Waals surface area contributed by atoms with Crippen molar-refractivity contribution in [2.75, 3.05) is 0 Å². The molecule has 92 valence electrons. The van der Waals surface area contributed by atoms with Crippen molar-refractivity contribution in [3.63, 3.8) is 0 Å². The van der Waals surface area contributed by atoms with E-state index in [1.165, 1.54) is 6.42 Å². The minimum absolute atomic E-state index is 0.0264. The molecule has 0 aromatic carbocycles. The summed E-state index contributed by atoms with van der Waals surface area (Å²) in [4.78, 5) is 16.0. The number of hydrogen-bond donors (Lipinski definition) is 1. The molecule has 1 heterocycles. The molecule has 0 saturated heterocycles. The molecule has 1 N–H and O–H groups in total. The van der Waals surface area contributed by atoms with Crippen molar-refractivity contribution >= 4 is 21.8 Å². The molecule has 1 saturated carbocycles. The normalized spacial score (nSPS) is 22.4. The fourth-order valence-electron chi connectivity index (χ4n) is 2.36. The van der Waals surface area contributed by atoms with Gasteiger partial charge in [-0.15, -0.1) is 0 Å². The molecule has 1 atom stereocenters. The first-order chi connectivity index (χ1) is 7.96. The van der Waals surface area contributed by atoms with E-state index < -0.39 is 0 Å². The summed E-state index contributed by atoms with van der Waals surface area (Å²) in [6, 6.07) is 2.10. The highest BCUT2D eigenvalue weighted by molar-refractivity contribution is 9.10. The van der Waals surface area contributed by atoms with E-state index in [2.05, 4.69) is 40.1 Å². The van der Waals surface area contributed by atoms with Crippen LogP contribution in [0.5, 0.6) is 0 Å². The molecule has 17 heavy (non-hydrogen) atoms. The first-order valence-electron chi connectivity index (χ1n) is 5.88. The summed E-state index contributed by atoms with van der Waals surface area (Å²) in [5, 5.41) is 3.08. The lowest BCUT2D eigenvalue weighted by Crippen LogP contribution is -2.33. The summed E-state index contributed by atoms with van der Waals surface area (Å²) in [6.07, 6.45) is 6.57. The third-order valence-corrected chi connectivity index (χ3v) is 3.70. The SMILES string of the molecule is CC1(C)CCC(NC(=O)c2cncc(Br)c2)C1. The van der Waals surface area contributed by atoms with Gasteiger partial charge in [-0.05, 0) is 46.7 Å². The number of hydrogen-bond acceptors (Lipinski definition) is 2. The van der Waals surface area contributed by atoms with Crippen LogP contribution in [0.25, 0.3) is 0 Å². The van der Waals surface area contributed by atoms with Gasteiger partial charge in [0.2, 0.25) is 0 Å². The van der Waals surface area contributed by atoms with Crippen LogP contribution < -0.4 is 5.32 Å². The van der Waals surface area contributed by atoms with Gasteiger partial charge in [0.25, 0.3) is 5.91 Å². The Labute approximate surface area is 110 Å². The Kier molecular flexibility index (Phi) is 3.52. The van der Waals surface area contributed by atoms with Gasteiger partial charge >= 0.3 is 0 Å². The average Bonchev–Trinajstić information content (AvgIpc) is 2.58. The predicted molar refractivity (Wildman–Crippen MR) is 70.8 cm³/mol. The van der Waals surface area contributed by atoms with Gasteiger partial charge in [-0.25, -0.2) is 0 Å². The first-order valence-corrected chi connectivity index (χ1v) is 6.67. The zero-order chi connectivity index (χ0) is 12.5. The lowest BCUT2D eigenvalue weighted by atomic mass is 9.92. The number of nitrogens with zero attached hydrogens (tertiary/aromatic N) is 1. The van der Waals surface area contributed by atoms with Crippen molar-refractivity contribution in [1.82, 2.24) is 10.3 Å². The quantitative estimate of drug-likeness (QED) is 0.911. The number of carbonyl (C=O) groups is 1. The standard InChI is InChI=1S/C13H17BrN2O/c1-13(2)4-3-11(6-13)16-12(17)9-5-10(14)8-15-7-9/h5,7-8,11H,3-4,6H2,1-2H3,(H,16,17). The molecule has 1 unspecified atom stereocenters. The lowest BCUT2D eigenvalue weighted by Gasteiger charge is -2.17. The van der Waals surface area contributed by atoms with Crippen LogP contribution in [0.2, 0.25) is 0 Å². The van der Waals surface area contributed by atoms with Crippen molar-refractivity contribution in [2.45, 2.75) is 39.2 Å². The highest BCUT2D eigenvalue weighted by Crippen LogP contribution is 2.36. The van der Waals surface area contributed by atoms with Crippen LogP contribution >= 0.6 is 15.9 Å². The smallest absolute Gasteiger partial charge is 0.253 e. The van der Waals surface area contributed by atoms with E-state index in [1.54, 1.807) is 18.5 Å². The molecule has 0 radical (unpaired) electrons. The van der Waals surface area contributed by atoms with Gasteiger partial charge < -0.3 is 5.32 Å². The molecule has 1 aromatic rings. The van der Waals surface area contributed by atoms with Gasteiger partial charge in [0.15, 0.2) is 0 Å². The van der Waals surface area contributed by atoms with Gasteiger partial charge in [0.1, 0.15) is 0 Å². The summed E-state index contributed by atoms with van der Waals surface area (Å²) in [5.41, 5.74) is 0.970. The number of nitrogens with one attached hydrogen (secondary N) is 1. The Bertz CT molecular complexity index is 431. The fraction of sp³-hybridized carbons (Fsp3) is 0.538. The summed E-state index contributed by atoms with van der Waals surface area (Å²) < 4.78 is 0.830. The topological polar surface area (TPSA) is 42.0 Å². The van der Waals surface area contributed by atoms with E-state index in [-0.39, 0.29) is 5.91 Å². The Morgan fingerprint density at radius 2 is 2.29 bits per heavy atom. The monoisotopic (exact) mass is 296 g/mol. The van der Waals surface area contributed by atoms with Crippen molar-refractivity contribution in [3.05, 3.63) is 28.5 Å². The maximum Gasteiger partial charge on any atom is 0.253 e. The number of pyridine rings is 1. The second kappa shape index (κ2) is 4.77. The van der Waals surface area contributed by atoms with Crippen molar-refractivity contribution in [3.8, 4) is 0 Å². The molecule has 1 aliphatic carbocycles. The summed E-state index contributed by atoms with van der Waals surface area (Å²) in [6.45, 7) is 4.50. The second-order valence-corrected chi connectivity index (χ2v) is 6.38. The molecule has 2 rings (SSSR count). The predicted octanol–water partition coefficient (Wildman–Crippen LogP) is 3.15. The number of halogens is 1. The lowest BCUT2D eigenvalue weighted by molar-refractivity contribution is 0.0935. The van der Waals surface area contributed by atoms with Crippen LogP contribution in [0, 0.1) is 5.41 Å². The fourth-order valence-corrected chi connectivity index (χ4v) is 2.73. The van der Waals surface area contributed by atoms with Crippen molar-refractivity contribution < 1.29 is 4.79 Å². The van der Waals surface area contributed by atoms with Crippen LogP contribution in [-0.2, 0) is 0 Å². The summed E-state index contributed by atoms with van der Waals surface area (Å²) in [7, 11) is 0. The Balaban J connectivity index is 1.98. The minimum Gasteiger partial charge on any atom is -0.349 e. The molecule has 1 amide bonds. The molecule has 0 spiro atoms. The summed E-state index contributed by atoms with van der Waals surface area (Å²) in [5.74, 6) is -0.0264. The third kappa shape index (κ3) is 3.28. The number of aromatic nitrogens is 1. The summed E-state index contributed by atoms with van der Waals surface area (Å²) >= 11 is 3.32. The maximum absolute atomic E-state index is 12.0. The van der Waals surface area contributed by atoms with E-state index in [0.717, 1.165) is 17.3 Å². The Hall–Kier alpha value is -0.900. The zero-order valence-corrected chi connectivity index (χ0v) is 11.8. The van der Waals surface area contributed by atoms with Crippen LogP contribution in [0.15, 0.2) is 22.9 Å². The molecule has 4 heteroatoms. The number of amides is 1. The molecule has 0 aliphatic heterocycles. The molecular weight excluding hydrogens is 280 g/mol. The molecule has 3 nitrogen and oxygen atoms in total. The molecule has 1 aromatic heterocycles.